The molecule has 1 N–H and O–H groups in total. The molecule has 96 valence electrons. The highest BCUT2D eigenvalue weighted by Crippen LogP contribution is 2.30. The summed E-state index contributed by atoms with van der Waals surface area (Å²) < 4.78 is 4.77. The number of carbonyl (C=O) groups is 2. The first-order valence-corrected chi connectivity index (χ1v) is 5.78. The topological polar surface area (TPSA) is 75.4 Å². The van der Waals surface area contributed by atoms with Crippen molar-refractivity contribution in [2.45, 2.75) is 6.92 Å². The Morgan fingerprint density at radius 1 is 1.42 bits per heavy atom. The molecule has 0 saturated carbocycles. The molecular formula is C13H11N3O3. The van der Waals surface area contributed by atoms with Gasteiger partial charge in [0.15, 0.2) is 0 Å². The van der Waals surface area contributed by atoms with Gasteiger partial charge in [-0.3, -0.25) is 14.5 Å². The van der Waals surface area contributed by atoms with E-state index in [4.69, 9.17) is 4.52 Å². The maximum Gasteiger partial charge on any atom is 0.264 e. The summed E-state index contributed by atoms with van der Waals surface area (Å²) in [6.07, 6.45) is 1.30. The fourth-order valence-corrected chi connectivity index (χ4v) is 2.06. The van der Waals surface area contributed by atoms with Crippen molar-refractivity contribution in [3.05, 3.63) is 41.8 Å². The van der Waals surface area contributed by atoms with Crippen LogP contribution in [-0.4, -0.2) is 23.5 Å². The van der Waals surface area contributed by atoms with Crippen LogP contribution in [0.15, 0.2) is 35.1 Å². The molecule has 0 radical (unpaired) electrons. The number of hydrogen-bond acceptors (Lipinski definition) is 4. The second-order valence-electron chi connectivity index (χ2n) is 4.27. The molecule has 19 heavy (non-hydrogen) atoms. The molecule has 1 aromatic heterocycles. The minimum atomic E-state index is -0.291. The second kappa shape index (κ2) is 4.24. The summed E-state index contributed by atoms with van der Waals surface area (Å²) in [6, 6.07) is 7.16. The predicted octanol–water partition coefficient (Wildman–Crippen LogP) is 1.58. The first-order valence-electron chi connectivity index (χ1n) is 5.78. The molecule has 0 fully saturated rings. The van der Waals surface area contributed by atoms with Crippen molar-refractivity contribution in [2.24, 2.45) is 0 Å². The second-order valence-corrected chi connectivity index (χ2v) is 4.27. The molecule has 0 aliphatic carbocycles. The van der Waals surface area contributed by atoms with Gasteiger partial charge in [-0.1, -0.05) is 17.3 Å². The first kappa shape index (κ1) is 11.5. The van der Waals surface area contributed by atoms with Gasteiger partial charge in [-0.15, -0.1) is 0 Å². The van der Waals surface area contributed by atoms with E-state index in [1.807, 2.05) is 6.07 Å². The Labute approximate surface area is 109 Å². The number of aryl methyl sites for hydroxylation is 1. The number of anilines is 2. The van der Waals surface area contributed by atoms with E-state index in [1.165, 1.54) is 11.2 Å². The van der Waals surface area contributed by atoms with E-state index >= 15 is 0 Å². The summed E-state index contributed by atoms with van der Waals surface area (Å²) in [7, 11) is 0. The molecule has 0 unspecified atom stereocenters. The van der Waals surface area contributed by atoms with Crippen molar-refractivity contribution in [1.29, 1.82) is 0 Å². The molecule has 1 aromatic carbocycles. The van der Waals surface area contributed by atoms with Crippen LogP contribution in [0.25, 0.3) is 0 Å². The number of benzene rings is 1. The van der Waals surface area contributed by atoms with Gasteiger partial charge in [-0.25, -0.2) is 0 Å². The normalized spacial score (nSPS) is 13.9. The number of fused-ring (bicyclic) bond motifs is 1. The highest BCUT2D eigenvalue weighted by Gasteiger charge is 2.29. The molecule has 2 amide bonds. The summed E-state index contributed by atoms with van der Waals surface area (Å²) in [4.78, 5) is 25.5. The van der Waals surface area contributed by atoms with Crippen molar-refractivity contribution in [1.82, 2.24) is 5.16 Å². The largest absolute Gasteiger partial charge is 0.364 e. The van der Waals surface area contributed by atoms with E-state index in [-0.39, 0.29) is 18.4 Å². The third-order valence-electron chi connectivity index (χ3n) is 3.00. The van der Waals surface area contributed by atoms with Gasteiger partial charge in [0.25, 0.3) is 5.91 Å². The molecule has 0 spiro atoms. The smallest absolute Gasteiger partial charge is 0.264 e. The molecule has 1 aliphatic heterocycles. The molecule has 6 nitrogen and oxygen atoms in total. The third kappa shape index (κ3) is 1.87. The molecular weight excluding hydrogens is 246 g/mol. The minimum absolute atomic E-state index is 0.0134. The van der Waals surface area contributed by atoms with Crippen LogP contribution in [0.5, 0.6) is 0 Å². The van der Waals surface area contributed by atoms with E-state index < -0.39 is 0 Å². The molecule has 0 atom stereocenters. The summed E-state index contributed by atoms with van der Waals surface area (Å²) in [5.74, 6) is -0.512. The number of aromatic nitrogens is 1. The molecule has 2 heterocycles. The van der Waals surface area contributed by atoms with Gasteiger partial charge in [0.05, 0.1) is 17.1 Å². The zero-order valence-corrected chi connectivity index (χ0v) is 10.2. The van der Waals surface area contributed by atoms with Crippen LogP contribution in [0.3, 0.4) is 0 Å². The van der Waals surface area contributed by atoms with Crippen molar-refractivity contribution in [2.75, 3.05) is 16.8 Å². The number of rotatable bonds is 1. The number of carbonyl (C=O) groups excluding carboxylic acids is 2. The van der Waals surface area contributed by atoms with Crippen LogP contribution in [-0.2, 0) is 4.79 Å². The Morgan fingerprint density at radius 3 is 2.95 bits per heavy atom. The van der Waals surface area contributed by atoms with Gasteiger partial charge in [-0.05, 0) is 19.1 Å². The van der Waals surface area contributed by atoms with E-state index in [1.54, 1.807) is 25.1 Å². The van der Waals surface area contributed by atoms with Crippen LogP contribution in [0, 0.1) is 6.92 Å². The average Bonchev–Trinajstić information content (AvgIpc) is 2.83. The van der Waals surface area contributed by atoms with Crippen molar-refractivity contribution in [3.63, 3.8) is 0 Å². The summed E-state index contributed by atoms with van der Waals surface area (Å²) in [6.45, 7) is 1.67. The monoisotopic (exact) mass is 257 g/mol. The van der Waals surface area contributed by atoms with Crippen molar-refractivity contribution >= 4 is 23.2 Å². The van der Waals surface area contributed by atoms with Gasteiger partial charge in [0, 0.05) is 0 Å². The van der Waals surface area contributed by atoms with E-state index in [9.17, 15) is 9.59 Å². The van der Waals surface area contributed by atoms with Crippen molar-refractivity contribution in [3.8, 4) is 0 Å². The lowest BCUT2D eigenvalue weighted by Crippen LogP contribution is -2.42. The molecule has 1 aliphatic rings. The molecule has 0 bridgehead atoms. The quantitative estimate of drug-likeness (QED) is 0.841. The van der Waals surface area contributed by atoms with Crippen LogP contribution in [0.1, 0.15) is 16.1 Å². The van der Waals surface area contributed by atoms with E-state index in [2.05, 4.69) is 10.5 Å². The number of nitrogens with one attached hydrogen (secondary N) is 1. The van der Waals surface area contributed by atoms with Gasteiger partial charge in [0.2, 0.25) is 5.91 Å². The highest BCUT2D eigenvalue weighted by molar-refractivity contribution is 6.15. The Morgan fingerprint density at radius 2 is 2.21 bits per heavy atom. The number of hydrogen-bond donors (Lipinski definition) is 1. The van der Waals surface area contributed by atoms with E-state index in [0.717, 1.165) is 0 Å². The maximum absolute atomic E-state index is 12.4. The zero-order valence-electron chi connectivity index (χ0n) is 10.2. The number of nitrogens with zero attached hydrogens (tertiary/aromatic N) is 2. The Hall–Kier alpha value is -2.63. The van der Waals surface area contributed by atoms with Crippen LogP contribution in [0.2, 0.25) is 0 Å². The van der Waals surface area contributed by atoms with Gasteiger partial charge in [-0.2, -0.15) is 0 Å². The standard InChI is InChI=1S/C13H11N3O3/c1-8-9(7-19-15-8)13(18)16-6-12(17)14-10-4-2-3-5-11(10)16/h2-5,7H,6H2,1H3,(H,14,17). The van der Waals surface area contributed by atoms with Gasteiger partial charge >= 0.3 is 0 Å². The average molecular weight is 257 g/mol. The lowest BCUT2D eigenvalue weighted by Gasteiger charge is -2.28. The summed E-state index contributed by atoms with van der Waals surface area (Å²) >= 11 is 0. The van der Waals surface area contributed by atoms with Crippen LogP contribution < -0.4 is 10.2 Å². The van der Waals surface area contributed by atoms with Gasteiger partial charge in [0.1, 0.15) is 18.4 Å². The molecule has 2 aromatic rings. The fourth-order valence-electron chi connectivity index (χ4n) is 2.06. The number of para-hydroxylation sites is 2. The lowest BCUT2D eigenvalue weighted by molar-refractivity contribution is -0.115. The van der Waals surface area contributed by atoms with Gasteiger partial charge < -0.3 is 9.84 Å². The Balaban J connectivity index is 2.04. The summed E-state index contributed by atoms with van der Waals surface area (Å²) in [5, 5.41) is 6.42. The number of amides is 2. The van der Waals surface area contributed by atoms with Crippen LogP contribution in [0.4, 0.5) is 11.4 Å². The first-order chi connectivity index (χ1) is 9.16. The third-order valence-corrected chi connectivity index (χ3v) is 3.00. The SMILES string of the molecule is Cc1nocc1C(=O)N1CC(=O)Nc2ccccc21. The van der Waals surface area contributed by atoms with E-state index in [0.29, 0.717) is 22.6 Å². The Bertz CT molecular complexity index is 663. The fraction of sp³-hybridized carbons (Fsp3) is 0.154. The maximum atomic E-state index is 12.4. The minimum Gasteiger partial charge on any atom is -0.364 e. The molecule has 6 heteroatoms. The zero-order chi connectivity index (χ0) is 13.4. The van der Waals surface area contributed by atoms with Crippen molar-refractivity contribution < 1.29 is 14.1 Å². The Kier molecular flexibility index (Phi) is 2.56. The molecule has 3 rings (SSSR count). The predicted molar refractivity (Wildman–Crippen MR) is 68.0 cm³/mol. The lowest BCUT2D eigenvalue weighted by atomic mass is 10.1. The highest BCUT2D eigenvalue weighted by atomic mass is 16.5. The van der Waals surface area contributed by atoms with Crippen LogP contribution >= 0.6 is 0 Å². The summed E-state index contributed by atoms with van der Waals surface area (Å²) in [5.41, 5.74) is 2.17. The molecule has 0 saturated heterocycles.